The molecular weight excluding hydrogens is 248 g/mol. The third-order valence-electron chi connectivity index (χ3n) is 2.09. The number of aromatic nitrogens is 1. The standard InChI is InChI=1S/C9H9BrN2S/c1-5-7(10)3-2-6-8(4-11)12-13-9(5)6/h2-3H,4,11H2,1H3. The zero-order valence-corrected chi connectivity index (χ0v) is 9.58. The fourth-order valence-corrected chi connectivity index (χ4v) is 2.68. The van der Waals surface area contributed by atoms with Crippen LogP contribution in [0.3, 0.4) is 0 Å². The summed E-state index contributed by atoms with van der Waals surface area (Å²) in [5.41, 5.74) is 7.82. The second kappa shape index (κ2) is 3.36. The Balaban J connectivity index is 2.81. The Hall–Kier alpha value is -0.450. The molecule has 0 radical (unpaired) electrons. The van der Waals surface area contributed by atoms with Crippen molar-refractivity contribution < 1.29 is 0 Å². The first-order chi connectivity index (χ1) is 6.24. The van der Waals surface area contributed by atoms with Crippen LogP contribution in [-0.2, 0) is 6.54 Å². The average molecular weight is 257 g/mol. The van der Waals surface area contributed by atoms with E-state index in [0.717, 1.165) is 10.2 Å². The lowest BCUT2D eigenvalue weighted by Gasteiger charge is -1.98. The van der Waals surface area contributed by atoms with Crippen LogP contribution >= 0.6 is 27.5 Å². The largest absolute Gasteiger partial charge is 0.325 e. The summed E-state index contributed by atoms with van der Waals surface area (Å²) >= 11 is 5.01. The summed E-state index contributed by atoms with van der Waals surface area (Å²) in [4.78, 5) is 0. The highest BCUT2D eigenvalue weighted by Crippen LogP contribution is 2.30. The van der Waals surface area contributed by atoms with E-state index < -0.39 is 0 Å². The van der Waals surface area contributed by atoms with Crippen LogP contribution in [0.5, 0.6) is 0 Å². The van der Waals surface area contributed by atoms with Crippen LogP contribution in [0.25, 0.3) is 10.1 Å². The highest BCUT2D eigenvalue weighted by molar-refractivity contribution is 9.10. The number of aryl methyl sites for hydroxylation is 1. The Morgan fingerprint density at radius 3 is 3.00 bits per heavy atom. The number of hydrogen-bond donors (Lipinski definition) is 1. The lowest BCUT2D eigenvalue weighted by molar-refractivity contribution is 1.04. The predicted octanol–water partition coefficient (Wildman–Crippen LogP) is 2.83. The molecule has 2 aromatic rings. The van der Waals surface area contributed by atoms with E-state index in [-0.39, 0.29) is 0 Å². The van der Waals surface area contributed by atoms with E-state index in [2.05, 4.69) is 33.3 Å². The lowest BCUT2D eigenvalue weighted by atomic mass is 10.1. The monoisotopic (exact) mass is 256 g/mol. The number of nitrogens with two attached hydrogens (primary N) is 1. The van der Waals surface area contributed by atoms with Crippen molar-refractivity contribution in [1.29, 1.82) is 0 Å². The van der Waals surface area contributed by atoms with Crippen molar-refractivity contribution in [2.75, 3.05) is 0 Å². The SMILES string of the molecule is Cc1c(Br)ccc2c(CN)nsc12. The summed E-state index contributed by atoms with van der Waals surface area (Å²) in [6, 6.07) is 4.11. The van der Waals surface area contributed by atoms with E-state index in [9.17, 15) is 0 Å². The molecule has 2 N–H and O–H groups in total. The van der Waals surface area contributed by atoms with Crippen molar-refractivity contribution >= 4 is 37.5 Å². The van der Waals surface area contributed by atoms with Crippen LogP contribution in [0, 0.1) is 6.92 Å². The summed E-state index contributed by atoms with van der Waals surface area (Å²) in [6.07, 6.45) is 0. The molecule has 0 bridgehead atoms. The highest BCUT2D eigenvalue weighted by atomic mass is 79.9. The molecule has 0 aliphatic rings. The first-order valence-electron chi connectivity index (χ1n) is 3.97. The van der Waals surface area contributed by atoms with Crippen LogP contribution in [-0.4, -0.2) is 4.37 Å². The van der Waals surface area contributed by atoms with Crippen LogP contribution in [0.4, 0.5) is 0 Å². The predicted molar refractivity (Wildman–Crippen MR) is 59.9 cm³/mol. The molecule has 1 aromatic heterocycles. The minimum absolute atomic E-state index is 0.515. The van der Waals surface area contributed by atoms with Crippen molar-refractivity contribution in [2.45, 2.75) is 13.5 Å². The molecule has 0 amide bonds. The summed E-state index contributed by atoms with van der Waals surface area (Å²) < 4.78 is 6.67. The molecule has 0 atom stereocenters. The van der Waals surface area contributed by atoms with Crippen LogP contribution in [0.15, 0.2) is 16.6 Å². The fraction of sp³-hybridized carbons (Fsp3) is 0.222. The van der Waals surface area contributed by atoms with Crippen molar-refractivity contribution in [3.63, 3.8) is 0 Å². The van der Waals surface area contributed by atoms with Crippen molar-refractivity contribution in [2.24, 2.45) is 5.73 Å². The Bertz CT molecular complexity index is 450. The molecule has 2 nitrogen and oxygen atoms in total. The molecule has 0 aliphatic heterocycles. The zero-order valence-electron chi connectivity index (χ0n) is 7.17. The lowest BCUT2D eigenvalue weighted by Crippen LogP contribution is -1.96. The molecule has 0 saturated carbocycles. The molecule has 0 aliphatic carbocycles. The Morgan fingerprint density at radius 2 is 2.31 bits per heavy atom. The first-order valence-corrected chi connectivity index (χ1v) is 5.54. The first kappa shape index (κ1) is 9.12. The van der Waals surface area contributed by atoms with Gasteiger partial charge >= 0.3 is 0 Å². The quantitative estimate of drug-likeness (QED) is 0.853. The van der Waals surface area contributed by atoms with Gasteiger partial charge in [0, 0.05) is 16.4 Å². The molecule has 0 unspecified atom stereocenters. The number of halogens is 1. The molecule has 4 heteroatoms. The van der Waals surface area contributed by atoms with Crippen molar-refractivity contribution in [3.8, 4) is 0 Å². The minimum Gasteiger partial charge on any atom is -0.325 e. The maximum atomic E-state index is 5.58. The zero-order chi connectivity index (χ0) is 9.42. The van der Waals surface area contributed by atoms with Crippen LogP contribution < -0.4 is 5.73 Å². The molecule has 1 aromatic carbocycles. The van der Waals surface area contributed by atoms with E-state index >= 15 is 0 Å². The summed E-state index contributed by atoms with van der Waals surface area (Å²) in [5, 5.41) is 1.19. The number of fused-ring (bicyclic) bond motifs is 1. The molecular formula is C9H9BrN2S. The second-order valence-corrected chi connectivity index (χ2v) is 4.51. The maximum absolute atomic E-state index is 5.58. The van der Waals surface area contributed by atoms with Crippen molar-refractivity contribution in [1.82, 2.24) is 4.37 Å². The summed E-state index contributed by atoms with van der Waals surface area (Å²) in [6.45, 7) is 2.60. The van der Waals surface area contributed by atoms with Gasteiger partial charge in [0.25, 0.3) is 0 Å². The van der Waals surface area contributed by atoms with Gasteiger partial charge in [0.2, 0.25) is 0 Å². The Morgan fingerprint density at radius 1 is 1.54 bits per heavy atom. The smallest absolute Gasteiger partial charge is 0.0756 e. The topological polar surface area (TPSA) is 38.9 Å². The number of hydrogen-bond acceptors (Lipinski definition) is 3. The van der Waals surface area contributed by atoms with E-state index in [0.29, 0.717) is 6.54 Å². The van der Waals surface area contributed by atoms with E-state index in [1.807, 2.05) is 6.07 Å². The van der Waals surface area contributed by atoms with Gasteiger partial charge in [-0.1, -0.05) is 22.0 Å². The van der Waals surface area contributed by atoms with Gasteiger partial charge in [0.15, 0.2) is 0 Å². The van der Waals surface area contributed by atoms with Gasteiger partial charge < -0.3 is 5.73 Å². The normalized spacial score (nSPS) is 11.0. The van der Waals surface area contributed by atoms with Crippen LogP contribution in [0.2, 0.25) is 0 Å². The third-order valence-corrected chi connectivity index (χ3v) is 3.97. The van der Waals surface area contributed by atoms with E-state index in [1.54, 1.807) is 0 Å². The molecule has 13 heavy (non-hydrogen) atoms. The third kappa shape index (κ3) is 1.39. The number of benzene rings is 1. The average Bonchev–Trinajstić information content (AvgIpc) is 2.55. The molecule has 68 valence electrons. The van der Waals surface area contributed by atoms with Gasteiger partial charge in [-0.3, -0.25) is 0 Å². The van der Waals surface area contributed by atoms with Crippen LogP contribution in [0.1, 0.15) is 11.3 Å². The number of rotatable bonds is 1. The van der Waals surface area contributed by atoms with Gasteiger partial charge in [-0.2, -0.15) is 4.37 Å². The Labute approximate surface area is 89.1 Å². The van der Waals surface area contributed by atoms with Gasteiger partial charge in [-0.25, -0.2) is 0 Å². The molecule has 0 saturated heterocycles. The van der Waals surface area contributed by atoms with Crippen molar-refractivity contribution in [3.05, 3.63) is 27.9 Å². The van der Waals surface area contributed by atoms with Gasteiger partial charge in [-0.15, -0.1) is 0 Å². The molecule has 0 fully saturated rings. The van der Waals surface area contributed by atoms with Gasteiger partial charge in [0.1, 0.15) is 0 Å². The van der Waals surface area contributed by atoms with E-state index in [1.165, 1.54) is 27.2 Å². The molecule has 0 spiro atoms. The van der Waals surface area contributed by atoms with Gasteiger partial charge in [0.05, 0.1) is 10.4 Å². The fourth-order valence-electron chi connectivity index (χ4n) is 1.31. The molecule has 2 rings (SSSR count). The van der Waals surface area contributed by atoms with E-state index in [4.69, 9.17) is 5.73 Å². The summed E-state index contributed by atoms with van der Waals surface area (Å²) in [7, 11) is 0. The highest BCUT2D eigenvalue weighted by Gasteiger charge is 2.07. The van der Waals surface area contributed by atoms with Gasteiger partial charge in [-0.05, 0) is 30.1 Å². The molecule has 1 heterocycles. The Kier molecular flexibility index (Phi) is 2.36. The maximum Gasteiger partial charge on any atom is 0.0756 e. The summed E-state index contributed by atoms with van der Waals surface area (Å²) in [5.74, 6) is 0. The number of nitrogens with zero attached hydrogens (tertiary/aromatic N) is 1. The minimum atomic E-state index is 0.515. The second-order valence-electron chi connectivity index (χ2n) is 2.88.